The van der Waals surface area contributed by atoms with E-state index in [2.05, 4.69) is 20.8 Å². The van der Waals surface area contributed by atoms with Gasteiger partial charge in [-0.15, -0.1) is 0 Å². The van der Waals surface area contributed by atoms with Gasteiger partial charge in [-0.25, -0.2) is 0 Å². The van der Waals surface area contributed by atoms with Crippen LogP contribution in [0, 0.1) is 11.8 Å². The quantitative estimate of drug-likeness (QED) is 0.635. The van der Waals surface area contributed by atoms with Crippen molar-refractivity contribution in [1.82, 2.24) is 0 Å². The molecule has 0 bridgehead atoms. The molecule has 0 heterocycles. The maximum atomic E-state index is 9.71. The number of aliphatic hydroxyl groups is 2. The molecule has 0 radical (unpaired) electrons. The lowest BCUT2D eigenvalue weighted by molar-refractivity contribution is 0.117. The SMILES string of the molecule is CCC(C)CC(O)CCC(CC)CO. The van der Waals surface area contributed by atoms with E-state index in [1.165, 1.54) is 0 Å². The summed E-state index contributed by atoms with van der Waals surface area (Å²) in [6.45, 7) is 6.67. The van der Waals surface area contributed by atoms with Crippen LogP contribution >= 0.6 is 0 Å². The van der Waals surface area contributed by atoms with Crippen LogP contribution in [0.5, 0.6) is 0 Å². The van der Waals surface area contributed by atoms with Crippen molar-refractivity contribution in [1.29, 1.82) is 0 Å². The normalized spacial score (nSPS) is 17.8. The zero-order valence-corrected chi connectivity index (χ0v) is 9.87. The third-order valence-electron chi connectivity index (χ3n) is 3.12. The van der Waals surface area contributed by atoms with Crippen LogP contribution < -0.4 is 0 Å². The Kier molecular flexibility index (Phi) is 8.20. The van der Waals surface area contributed by atoms with Gasteiger partial charge in [0, 0.05) is 6.61 Å². The van der Waals surface area contributed by atoms with Gasteiger partial charge in [0.05, 0.1) is 6.10 Å². The van der Waals surface area contributed by atoms with Crippen molar-refractivity contribution >= 4 is 0 Å². The molecule has 0 fully saturated rings. The minimum Gasteiger partial charge on any atom is -0.396 e. The first-order valence-corrected chi connectivity index (χ1v) is 5.92. The zero-order chi connectivity index (χ0) is 11.0. The summed E-state index contributed by atoms with van der Waals surface area (Å²) in [5.74, 6) is 0.987. The summed E-state index contributed by atoms with van der Waals surface area (Å²) in [4.78, 5) is 0. The fourth-order valence-corrected chi connectivity index (χ4v) is 1.60. The maximum absolute atomic E-state index is 9.71. The molecule has 86 valence electrons. The molecule has 0 spiro atoms. The van der Waals surface area contributed by atoms with Crippen LogP contribution in [0.3, 0.4) is 0 Å². The lowest BCUT2D eigenvalue weighted by Gasteiger charge is -2.17. The van der Waals surface area contributed by atoms with Gasteiger partial charge >= 0.3 is 0 Å². The molecule has 3 atom stereocenters. The van der Waals surface area contributed by atoms with Gasteiger partial charge in [-0.05, 0) is 31.1 Å². The van der Waals surface area contributed by atoms with E-state index < -0.39 is 0 Å². The van der Waals surface area contributed by atoms with Gasteiger partial charge in [0.2, 0.25) is 0 Å². The van der Waals surface area contributed by atoms with Crippen molar-refractivity contribution in [3.8, 4) is 0 Å². The van der Waals surface area contributed by atoms with Crippen LogP contribution in [-0.2, 0) is 0 Å². The van der Waals surface area contributed by atoms with Gasteiger partial charge in [0.1, 0.15) is 0 Å². The van der Waals surface area contributed by atoms with Crippen LogP contribution in [0.25, 0.3) is 0 Å². The smallest absolute Gasteiger partial charge is 0.0542 e. The van der Waals surface area contributed by atoms with Gasteiger partial charge in [-0.3, -0.25) is 0 Å². The van der Waals surface area contributed by atoms with E-state index in [1.807, 2.05) is 0 Å². The first kappa shape index (κ1) is 13.9. The van der Waals surface area contributed by atoms with Crippen molar-refractivity contribution in [2.75, 3.05) is 6.61 Å². The molecule has 2 N–H and O–H groups in total. The van der Waals surface area contributed by atoms with Crippen LogP contribution in [0.4, 0.5) is 0 Å². The van der Waals surface area contributed by atoms with Crippen LogP contribution in [0.15, 0.2) is 0 Å². The van der Waals surface area contributed by atoms with Crippen molar-refractivity contribution in [3.63, 3.8) is 0 Å². The number of rotatable bonds is 8. The molecule has 2 heteroatoms. The monoisotopic (exact) mass is 202 g/mol. The lowest BCUT2D eigenvalue weighted by Crippen LogP contribution is -2.14. The minimum atomic E-state index is -0.175. The Morgan fingerprint density at radius 1 is 1.07 bits per heavy atom. The first-order valence-electron chi connectivity index (χ1n) is 5.92. The van der Waals surface area contributed by atoms with Crippen molar-refractivity contribution in [2.24, 2.45) is 11.8 Å². The van der Waals surface area contributed by atoms with Gasteiger partial charge in [0.25, 0.3) is 0 Å². The van der Waals surface area contributed by atoms with Crippen molar-refractivity contribution < 1.29 is 10.2 Å². The third kappa shape index (κ3) is 6.39. The van der Waals surface area contributed by atoms with Crippen molar-refractivity contribution in [3.05, 3.63) is 0 Å². The lowest BCUT2D eigenvalue weighted by atomic mass is 9.94. The van der Waals surface area contributed by atoms with E-state index in [0.717, 1.165) is 32.1 Å². The topological polar surface area (TPSA) is 40.5 Å². The first-order chi connectivity index (χ1) is 6.63. The van der Waals surface area contributed by atoms with E-state index in [0.29, 0.717) is 11.8 Å². The Morgan fingerprint density at radius 3 is 2.14 bits per heavy atom. The van der Waals surface area contributed by atoms with E-state index in [4.69, 9.17) is 5.11 Å². The summed E-state index contributed by atoms with van der Waals surface area (Å²) < 4.78 is 0. The second-order valence-corrected chi connectivity index (χ2v) is 4.44. The molecule has 0 saturated carbocycles. The molecule has 0 amide bonds. The molecule has 0 aliphatic rings. The highest BCUT2D eigenvalue weighted by Crippen LogP contribution is 2.17. The molecule has 2 nitrogen and oxygen atoms in total. The summed E-state index contributed by atoms with van der Waals surface area (Å²) in [5.41, 5.74) is 0. The summed E-state index contributed by atoms with van der Waals surface area (Å²) in [6, 6.07) is 0. The van der Waals surface area contributed by atoms with Crippen LogP contribution in [-0.4, -0.2) is 22.9 Å². The molecule has 0 aliphatic carbocycles. The number of hydrogen-bond donors (Lipinski definition) is 2. The Balaban J connectivity index is 3.56. The van der Waals surface area contributed by atoms with E-state index in [1.54, 1.807) is 0 Å². The third-order valence-corrected chi connectivity index (χ3v) is 3.12. The number of aliphatic hydroxyl groups excluding tert-OH is 2. The fourth-order valence-electron chi connectivity index (χ4n) is 1.60. The van der Waals surface area contributed by atoms with Gasteiger partial charge in [-0.1, -0.05) is 33.6 Å². The fraction of sp³-hybridized carbons (Fsp3) is 1.00. The maximum Gasteiger partial charge on any atom is 0.0542 e. The molecule has 14 heavy (non-hydrogen) atoms. The molecule has 3 unspecified atom stereocenters. The van der Waals surface area contributed by atoms with Crippen LogP contribution in [0.2, 0.25) is 0 Å². The van der Waals surface area contributed by atoms with E-state index in [-0.39, 0.29) is 12.7 Å². The average Bonchev–Trinajstić information content (AvgIpc) is 2.19. The Bertz CT molecular complexity index is 121. The summed E-state index contributed by atoms with van der Waals surface area (Å²) in [6.07, 6.45) is 4.65. The number of hydrogen-bond acceptors (Lipinski definition) is 2. The second-order valence-electron chi connectivity index (χ2n) is 4.44. The standard InChI is InChI=1S/C12H26O2/c1-4-10(3)8-12(14)7-6-11(5-2)9-13/h10-14H,4-9H2,1-3H3. The Labute approximate surface area is 88.3 Å². The molecular formula is C12H26O2. The minimum absolute atomic E-state index is 0.175. The van der Waals surface area contributed by atoms with Gasteiger partial charge < -0.3 is 10.2 Å². The Morgan fingerprint density at radius 2 is 1.71 bits per heavy atom. The predicted octanol–water partition coefficient (Wildman–Crippen LogP) is 2.58. The molecular weight excluding hydrogens is 176 g/mol. The molecule has 0 aromatic carbocycles. The summed E-state index contributed by atoms with van der Waals surface area (Å²) in [5, 5.41) is 18.7. The molecule has 0 rings (SSSR count). The van der Waals surface area contributed by atoms with Gasteiger partial charge in [-0.2, -0.15) is 0 Å². The van der Waals surface area contributed by atoms with Crippen molar-refractivity contribution in [2.45, 2.75) is 59.0 Å². The molecule has 0 aliphatic heterocycles. The summed E-state index contributed by atoms with van der Waals surface area (Å²) in [7, 11) is 0. The molecule has 0 aromatic rings. The van der Waals surface area contributed by atoms with Gasteiger partial charge in [0.15, 0.2) is 0 Å². The largest absolute Gasteiger partial charge is 0.396 e. The molecule has 0 aromatic heterocycles. The summed E-state index contributed by atoms with van der Waals surface area (Å²) >= 11 is 0. The average molecular weight is 202 g/mol. The highest BCUT2D eigenvalue weighted by Gasteiger charge is 2.11. The predicted molar refractivity (Wildman–Crippen MR) is 60.2 cm³/mol. The highest BCUT2D eigenvalue weighted by molar-refractivity contribution is 4.64. The second kappa shape index (κ2) is 8.25. The molecule has 0 saturated heterocycles. The van der Waals surface area contributed by atoms with E-state index in [9.17, 15) is 5.11 Å². The highest BCUT2D eigenvalue weighted by atomic mass is 16.3. The zero-order valence-electron chi connectivity index (χ0n) is 9.87. The van der Waals surface area contributed by atoms with Crippen LogP contribution in [0.1, 0.15) is 52.9 Å². The Hall–Kier alpha value is -0.0800. The van der Waals surface area contributed by atoms with E-state index >= 15 is 0 Å².